The fourth-order valence-corrected chi connectivity index (χ4v) is 4.91. The molecule has 0 bridgehead atoms. The maximum Gasteiger partial charge on any atom is 0.255 e. The fraction of sp³-hybridized carbons (Fsp3) is 0.318. The van der Waals surface area contributed by atoms with Crippen molar-refractivity contribution in [2.24, 2.45) is 5.92 Å². The second-order valence-electron chi connectivity index (χ2n) is 7.56. The summed E-state index contributed by atoms with van der Waals surface area (Å²) in [5.74, 6) is 0.396. The van der Waals surface area contributed by atoms with Gasteiger partial charge >= 0.3 is 0 Å². The molecular formula is C22H23N3O2S. The average Bonchev–Trinajstić information content (AvgIpc) is 3.14. The van der Waals surface area contributed by atoms with Crippen LogP contribution in [-0.4, -0.2) is 16.7 Å². The molecule has 1 aliphatic heterocycles. The summed E-state index contributed by atoms with van der Waals surface area (Å²) >= 11 is 1.58. The molecule has 5 nitrogen and oxygen atoms in total. The summed E-state index contributed by atoms with van der Waals surface area (Å²) < 4.78 is 0. The van der Waals surface area contributed by atoms with Crippen molar-refractivity contribution in [3.63, 3.8) is 0 Å². The minimum Gasteiger partial charge on any atom is -0.362 e. The molecule has 0 saturated carbocycles. The van der Waals surface area contributed by atoms with Crippen LogP contribution in [0.1, 0.15) is 43.2 Å². The number of amides is 1. The standard InChI is InChI=1S/C22H23N3O2S/c1-12-10-15-20(16(26)11-12)21(17-7-5-9-28-17)19(14(3)24-15)22(27)25-18-8-4-6-13(2)23-18/h4-9,12,21,24H,10-11H2,1-3H3,(H,23,25,27)/t12-,21-/m0/s1. The molecule has 2 atom stereocenters. The zero-order valence-corrected chi connectivity index (χ0v) is 17.0. The zero-order valence-electron chi connectivity index (χ0n) is 16.2. The topological polar surface area (TPSA) is 71.1 Å². The number of carbonyl (C=O) groups is 2. The maximum absolute atomic E-state index is 13.3. The first kappa shape index (κ1) is 18.6. The van der Waals surface area contributed by atoms with Crippen molar-refractivity contribution in [1.29, 1.82) is 0 Å². The van der Waals surface area contributed by atoms with Gasteiger partial charge in [-0.1, -0.05) is 19.1 Å². The summed E-state index contributed by atoms with van der Waals surface area (Å²) in [6.07, 6.45) is 1.35. The monoisotopic (exact) mass is 393 g/mol. The minimum atomic E-state index is -0.332. The quantitative estimate of drug-likeness (QED) is 0.815. The van der Waals surface area contributed by atoms with Gasteiger partial charge in [-0.15, -0.1) is 11.3 Å². The van der Waals surface area contributed by atoms with Gasteiger partial charge in [0.15, 0.2) is 5.78 Å². The first-order valence-corrected chi connectivity index (χ1v) is 10.3. The van der Waals surface area contributed by atoms with Crippen LogP contribution in [0.5, 0.6) is 0 Å². The van der Waals surface area contributed by atoms with Gasteiger partial charge in [0.1, 0.15) is 5.82 Å². The molecule has 0 radical (unpaired) electrons. The smallest absolute Gasteiger partial charge is 0.255 e. The van der Waals surface area contributed by atoms with Crippen LogP contribution in [0.15, 0.2) is 58.3 Å². The minimum absolute atomic E-state index is 0.131. The highest BCUT2D eigenvalue weighted by molar-refractivity contribution is 7.10. The predicted octanol–water partition coefficient (Wildman–Crippen LogP) is 4.30. The third kappa shape index (κ3) is 3.40. The van der Waals surface area contributed by atoms with Gasteiger partial charge < -0.3 is 10.6 Å². The Morgan fingerprint density at radius 1 is 1.21 bits per heavy atom. The molecule has 28 heavy (non-hydrogen) atoms. The van der Waals surface area contributed by atoms with Gasteiger partial charge in [-0.3, -0.25) is 9.59 Å². The Balaban J connectivity index is 1.76. The van der Waals surface area contributed by atoms with E-state index in [1.54, 1.807) is 17.4 Å². The van der Waals surface area contributed by atoms with Crippen LogP contribution in [0, 0.1) is 12.8 Å². The van der Waals surface area contributed by atoms with Crippen molar-refractivity contribution < 1.29 is 9.59 Å². The number of aryl methyl sites for hydroxylation is 1. The Morgan fingerprint density at radius 3 is 2.75 bits per heavy atom. The maximum atomic E-state index is 13.3. The number of hydrogen-bond acceptors (Lipinski definition) is 5. The van der Waals surface area contributed by atoms with Gasteiger partial charge in [0, 0.05) is 39.5 Å². The third-order valence-electron chi connectivity index (χ3n) is 5.23. The van der Waals surface area contributed by atoms with Crippen molar-refractivity contribution in [3.05, 3.63) is 68.8 Å². The zero-order chi connectivity index (χ0) is 19.8. The predicted molar refractivity (Wildman–Crippen MR) is 111 cm³/mol. The van der Waals surface area contributed by atoms with E-state index in [1.807, 2.05) is 43.5 Å². The molecule has 3 heterocycles. The van der Waals surface area contributed by atoms with Gasteiger partial charge in [0.25, 0.3) is 5.91 Å². The summed E-state index contributed by atoms with van der Waals surface area (Å²) in [5.41, 5.74) is 3.93. The number of dihydropyridines is 1. The van der Waals surface area contributed by atoms with Gasteiger partial charge in [0.2, 0.25) is 0 Å². The van der Waals surface area contributed by atoms with E-state index in [9.17, 15) is 9.59 Å². The number of allylic oxidation sites excluding steroid dienone is 3. The molecule has 144 valence electrons. The molecule has 1 aliphatic carbocycles. The SMILES string of the molecule is CC1=C(C(=O)Nc2cccc(C)n2)[C@H](c2cccs2)C2=C(C[C@H](C)CC2=O)N1. The lowest BCUT2D eigenvalue weighted by Gasteiger charge is -2.35. The summed E-state index contributed by atoms with van der Waals surface area (Å²) in [5, 5.41) is 8.26. The highest BCUT2D eigenvalue weighted by Gasteiger charge is 2.40. The normalized spacial score (nSPS) is 22.0. The van der Waals surface area contributed by atoms with E-state index in [-0.39, 0.29) is 17.6 Å². The summed E-state index contributed by atoms with van der Waals surface area (Å²) in [7, 11) is 0. The number of rotatable bonds is 3. The lowest BCUT2D eigenvalue weighted by molar-refractivity contribution is -0.117. The van der Waals surface area contributed by atoms with Crippen molar-refractivity contribution in [3.8, 4) is 0 Å². The molecule has 2 N–H and O–H groups in total. The van der Waals surface area contributed by atoms with Crippen LogP contribution in [0.4, 0.5) is 5.82 Å². The number of anilines is 1. The van der Waals surface area contributed by atoms with E-state index in [4.69, 9.17) is 0 Å². The Kier molecular flexibility index (Phi) is 4.89. The van der Waals surface area contributed by atoms with Crippen molar-refractivity contribution in [2.45, 2.75) is 39.5 Å². The van der Waals surface area contributed by atoms with Crippen LogP contribution < -0.4 is 10.6 Å². The van der Waals surface area contributed by atoms with Crippen LogP contribution in [0.25, 0.3) is 0 Å². The van der Waals surface area contributed by atoms with Crippen LogP contribution >= 0.6 is 11.3 Å². The molecule has 0 saturated heterocycles. The van der Waals surface area contributed by atoms with Crippen LogP contribution in [-0.2, 0) is 9.59 Å². The van der Waals surface area contributed by atoms with E-state index in [1.165, 1.54) is 0 Å². The van der Waals surface area contributed by atoms with Crippen molar-refractivity contribution >= 4 is 28.8 Å². The molecule has 0 spiro atoms. The Labute approximate surface area is 168 Å². The number of nitrogens with zero attached hydrogens (tertiary/aromatic N) is 1. The highest BCUT2D eigenvalue weighted by Crippen LogP contribution is 2.44. The molecule has 2 aromatic heterocycles. The van der Waals surface area contributed by atoms with Gasteiger partial charge in [-0.2, -0.15) is 0 Å². The summed E-state index contributed by atoms with van der Waals surface area (Å²) in [4.78, 5) is 31.6. The molecule has 2 aliphatic rings. The Hall–Kier alpha value is -2.73. The molecule has 1 amide bonds. The van der Waals surface area contributed by atoms with E-state index >= 15 is 0 Å². The second-order valence-corrected chi connectivity index (χ2v) is 8.54. The summed E-state index contributed by atoms with van der Waals surface area (Å²) in [6, 6.07) is 9.49. The third-order valence-corrected chi connectivity index (χ3v) is 6.17. The van der Waals surface area contributed by atoms with Crippen LogP contribution in [0.3, 0.4) is 0 Å². The fourth-order valence-electron chi connectivity index (χ4n) is 4.07. The van der Waals surface area contributed by atoms with Gasteiger partial charge in [-0.25, -0.2) is 4.98 Å². The molecule has 0 unspecified atom stereocenters. The van der Waals surface area contributed by atoms with E-state index in [2.05, 4.69) is 22.5 Å². The number of ketones is 1. The van der Waals surface area contributed by atoms with Gasteiger partial charge in [-0.05, 0) is 49.8 Å². The van der Waals surface area contributed by atoms with Gasteiger partial charge in [0.05, 0.1) is 5.92 Å². The van der Waals surface area contributed by atoms with E-state index in [0.717, 1.165) is 34.0 Å². The first-order valence-electron chi connectivity index (χ1n) is 9.46. The van der Waals surface area contributed by atoms with Crippen molar-refractivity contribution in [1.82, 2.24) is 10.3 Å². The molecule has 6 heteroatoms. The number of carbonyl (C=O) groups excluding carboxylic acids is 2. The lowest BCUT2D eigenvalue weighted by atomic mass is 9.75. The van der Waals surface area contributed by atoms with Crippen LogP contribution in [0.2, 0.25) is 0 Å². The number of thiophene rings is 1. The number of Topliss-reactive ketones (excluding diaryl/α,β-unsaturated/α-hetero) is 1. The number of pyridine rings is 1. The molecule has 0 aromatic carbocycles. The Bertz CT molecular complexity index is 1000. The largest absolute Gasteiger partial charge is 0.362 e. The molecule has 0 fully saturated rings. The number of nitrogens with one attached hydrogen (secondary N) is 2. The van der Waals surface area contributed by atoms with Crippen molar-refractivity contribution in [2.75, 3.05) is 5.32 Å². The average molecular weight is 394 g/mol. The number of hydrogen-bond donors (Lipinski definition) is 2. The molecular weight excluding hydrogens is 370 g/mol. The molecule has 2 aromatic rings. The second kappa shape index (κ2) is 7.36. The Morgan fingerprint density at radius 2 is 2.04 bits per heavy atom. The molecule has 4 rings (SSSR count). The number of aromatic nitrogens is 1. The highest BCUT2D eigenvalue weighted by atomic mass is 32.1. The van der Waals surface area contributed by atoms with E-state index < -0.39 is 0 Å². The first-order chi connectivity index (χ1) is 13.4. The van der Waals surface area contributed by atoms with E-state index in [0.29, 0.717) is 23.7 Å². The summed E-state index contributed by atoms with van der Waals surface area (Å²) in [6.45, 7) is 5.89. The lowest BCUT2D eigenvalue weighted by Crippen LogP contribution is -2.36.